The van der Waals surface area contributed by atoms with Crippen LogP contribution in [0.15, 0.2) is 48.5 Å². The molecule has 0 bridgehead atoms. The molecule has 0 aliphatic heterocycles. The number of benzene rings is 2. The summed E-state index contributed by atoms with van der Waals surface area (Å²) >= 11 is 0. The van der Waals surface area contributed by atoms with Gasteiger partial charge in [-0.2, -0.15) is 0 Å². The van der Waals surface area contributed by atoms with Crippen molar-refractivity contribution < 1.29 is 14.6 Å². The highest BCUT2D eigenvalue weighted by molar-refractivity contribution is 5.68. The third kappa shape index (κ3) is 4.13. The van der Waals surface area contributed by atoms with Gasteiger partial charge in [0.15, 0.2) is 0 Å². The first-order valence-corrected chi connectivity index (χ1v) is 8.12. The topological polar surface area (TPSA) is 46.5 Å². The number of carboxylic acids is 1. The van der Waals surface area contributed by atoms with Crippen molar-refractivity contribution in [1.82, 2.24) is 0 Å². The minimum absolute atomic E-state index is 0.104. The predicted molar refractivity (Wildman–Crippen MR) is 89.7 cm³/mol. The first-order valence-electron chi connectivity index (χ1n) is 8.12. The fraction of sp³-hybridized carbons (Fsp3) is 0.350. The Hall–Kier alpha value is -2.29. The van der Waals surface area contributed by atoms with Gasteiger partial charge in [-0.15, -0.1) is 0 Å². The van der Waals surface area contributed by atoms with E-state index in [1.165, 1.54) is 0 Å². The Labute approximate surface area is 136 Å². The van der Waals surface area contributed by atoms with Crippen LogP contribution in [0.1, 0.15) is 41.9 Å². The lowest BCUT2D eigenvalue weighted by atomic mass is 9.90. The molecule has 2 aromatic carbocycles. The first kappa shape index (κ1) is 15.6. The maximum Gasteiger partial charge on any atom is 0.303 e. The minimum Gasteiger partial charge on any atom is -0.489 e. The molecule has 0 amide bonds. The molecule has 0 radical (unpaired) electrons. The van der Waals surface area contributed by atoms with Crippen molar-refractivity contribution in [3.05, 3.63) is 65.2 Å². The average molecular weight is 310 g/mol. The number of hydrogen-bond acceptors (Lipinski definition) is 2. The number of aliphatic carboxylic acids is 1. The molecule has 0 heterocycles. The summed E-state index contributed by atoms with van der Waals surface area (Å²) in [6.45, 7) is 2.55. The molecular formula is C20H22O3. The molecule has 1 aliphatic rings. The van der Waals surface area contributed by atoms with Crippen molar-refractivity contribution in [2.75, 3.05) is 0 Å². The Bertz CT molecular complexity index is 675. The van der Waals surface area contributed by atoms with Crippen LogP contribution in [0.25, 0.3) is 0 Å². The lowest BCUT2D eigenvalue weighted by Gasteiger charge is -2.17. The van der Waals surface area contributed by atoms with Crippen molar-refractivity contribution >= 4 is 5.97 Å². The second kappa shape index (κ2) is 6.86. The van der Waals surface area contributed by atoms with Gasteiger partial charge in [0.05, 0.1) is 6.42 Å². The van der Waals surface area contributed by atoms with Gasteiger partial charge in [-0.05, 0) is 54.4 Å². The molecule has 1 aliphatic carbocycles. The molecule has 0 spiro atoms. The van der Waals surface area contributed by atoms with E-state index in [0.29, 0.717) is 12.5 Å². The molecule has 1 atom stereocenters. The summed E-state index contributed by atoms with van der Waals surface area (Å²) < 4.78 is 5.97. The fourth-order valence-electron chi connectivity index (χ4n) is 2.98. The average Bonchev–Trinajstić information content (AvgIpc) is 3.38. The number of aryl methyl sites for hydroxylation is 1. The Morgan fingerprint density at radius 1 is 1.22 bits per heavy atom. The van der Waals surface area contributed by atoms with Crippen LogP contribution in [0.4, 0.5) is 0 Å². The second-order valence-corrected chi connectivity index (χ2v) is 6.34. The number of hydrogen-bond donors (Lipinski definition) is 1. The molecule has 3 rings (SSSR count). The van der Waals surface area contributed by atoms with Crippen LogP contribution in [0.3, 0.4) is 0 Å². The Morgan fingerprint density at radius 3 is 2.61 bits per heavy atom. The van der Waals surface area contributed by atoms with E-state index in [0.717, 1.165) is 35.3 Å². The van der Waals surface area contributed by atoms with E-state index in [1.54, 1.807) is 0 Å². The summed E-state index contributed by atoms with van der Waals surface area (Å²) in [4.78, 5) is 11.1. The minimum atomic E-state index is -0.728. The summed E-state index contributed by atoms with van der Waals surface area (Å²) in [5, 5.41) is 9.17. The summed E-state index contributed by atoms with van der Waals surface area (Å²) in [6.07, 6.45) is 2.46. The molecule has 0 aromatic heterocycles. The largest absolute Gasteiger partial charge is 0.489 e. The SMILES string of the molecule is Cc1ccc(C(CC(=O)O)C2CC2)cc1OCc1ccccc1. The van der Waals surface area contributed by atoms with Gasteiger partial charge < -0.3 is 9.84 Å². The standard InChI is InChI=1S/C20H22O3/c1-14-7-8-17(18(12-20(21)22)16-9-10-16)11-19(14)23-13-15-5-3-2-4-6-15/h2-8,11,16,18H,9-10,12-13H2,1H3,(H,21,22). The van der Waals surface area contributed by atoms with E-state index in [9.17, 15) is 4.79 Å². The molecule has 0 saturated heterocycles. The highest BCUT2D eigenvalue weighted by Crippen LogP contribution is 2.45. The van der Waals surface area contributed by atoms with E-state index < -0.39 is 5.97 Å². The van der Waals surface area contributed by atoms with Crippen molar-refractivity contribution in [3.8, 4) is 5.75 Å². The summed E-state index contributed by atoms with van der Waals surface area (Å²) in [6, 6.07) is 16.2. The monoisotopic (exact) mass is 310 g/mol. The quantitative estimate of drug-likeness (QED) is 0.816. The fourth-order valence-corrected chi connectivity index (χ4v) is 2.98. The van der Waals surface area contributed by atoms with Crippen LogP contribution >= 0.6 is 0 Å². The number of rotatable bonds is 7. The second-order valence-electron chi connectivity index (χ2n) is 6.34. The molecule has 1 unspecified atom stereocenters. The normalized spacial score (nSPS) is 15.2. The van der Waals surface area contributed by atoms with E-state index in [-0.39, 0.29) is 12.3 Å². The molecule has 23 heavy (non-hydrogen) atoms. The van der Waals surface area contributed by atoms with Crippen LogP contribution in [0.2, 0.25) is 0 Å². The Kier molecular flexibility index (Phi) is 4.65. The van der Waals surface area contributed by atoms with E-state index in [1.807, 2.05) is 49.4 Å². The number of carboxylic acid groups (broad SMARTS) is 1. The van der Waals surface area contributed by atoms with Crippen LogP contribution < -0.4 is 4.74 Å². The molecule has 1 saturated carbocycles. The number of carbonyl (C=O) groups is 1. The third-order valence-electron chi connectivity index (χ3n) is 4.46. The van der Waals surface area contributed by atoms with Crippen LogP contribution in [0, 0.1) is 12.8 Å². The molecule has 3 nitrogen and oxygen atoms in total. The van der Waals surface area contributed by atoms with Gasteiger partial charge in [-0.3, -0.25) is 4.79 Å². The molecule has 1 fully saturated rings. The molecule has 120 valence electrons. The van der Waals surface area contributed by atoms with Gasteiger partial charge >= 0.3 is 5.97 Å². The zero-order valence-corrected chi connectivity index (χ0v) is 13.4. The van der Waals surface area contributed by atoms with Crippen LogP contribution in [-0.4, -0.2) is 11.1 Å². The van der Waals surface area contributed by atoms with Gasteiger partial charge in [-0.25, -0.2) is 0 Å². The molecule has 2 aromatic rings. The van der Waals surface area contributed by atoms with Crippen LogP contribution in [-0.2, 0) is 11.4 Å². The van der Waals surface area contributed by atoms with Crippen molar-refractivity contribution in [2.24, 2.45) is 5.92 Å². The van der Waals surface area contributed by atoms with E-state index in [4.69, 9.17) is 9.84 Å². The first-order chi connectivity index (χ1) is 11.1. The summed E-state index contributed by atoms with van der Waals surface area (Å²) in [7, 11) is 0. The third-order valence-corrected chi connectivity index (χ3v) is 4.46. The van der Waals surface area contributed by atoms with Crippen molar-refractivity contribution in [1.29, 1.82) is 0 Å². The zero-order valence-electron chi connectivity index (χ0n) is 13.4. The smallest absolute Gasteiger partial charge is 0.303 e. The molecule has 3 heteroatoms. The summed E-state index contributed by atoms with van der Waals surface area (Å²) in [5.74, 6) is 0.736. The van der Waals surface area contributed by atoms with Gasteiger partial charge in [-0.1, -0.05) is 42.5 Å². The van der Waals surface area contributed by atoms with E-state index in [2.05, 4.69) is 6.07 Å². The van der Waals surface area contributed by atoms with Gasteiger partial charge in [0, 0.05) is 0 Å². The maximum absolute atomic E-state index is 11.1. The zero-order chi connectivity index (χ0) is 16.2. The van der Waals surface area contributed by atoms with Crippen molar-refractivity contribution in [2.45, 2.75) is 38.7 Å². The highest BCUT2D eigenvalue weighted by Gasteiger charge is 2.34. The lowest BCUT2D eigenvalue weighted by molar-refractivity contribution is -0.137. The number of ether oxygens (including phenoxy) is 1. The van der Waals surface area contributed by atoms with Gasteiger partial charge in [0.25, 0.3) is 0 Å². The van der Waals surface area contributed by atoms with Crippen molar-refractivity contribution in [3.63, 3.8) is 0 Å². The highest BCUT2D eigenvalue weighted by atomic mass is 16.5. The predicted octanol–water partition coefficient (Wildman–Crippen LogP) is 4.54. The Morgan fingerprint density at radius 2 is 1.96 bits per heavy atom. The van der Waals surface area contributed by atoms with Gasteiger partial charge in [0.1, 0.15) is 12.4 Å². The summed E-state index contributed by atoms with van der Waals surface area (Å²) in [5.41, 5.74) is 3.29. The molecule has 1 N–H and O–H groups in total. The lowest BCUT2D eigenvalue weighted by Crippen LogP contribution is -2.09. The van der Waals surface area contributed by atoms with E-state index >= 15 is 0 Å². The van der Waals surface area contributed by atoms with Gasteiger partial charge in [0.2, 0.25) is 0 Å². The molecular weight excluding hydrogens is 288 g/mol. The van der Waals surface area contributed by atoms with Crippen LogP contribution in [0.5, 0.6) is 5.75 Å². The Balaban J connectivity index is 1.76. The maximum atomic E-state index is 11.1.